The molecule has 0 aromatic carbocycles. The minimum absolute atomic E-state index is 0.194. The van der Waals surface area contributed by atoms with Crippen LogP contribution in [-0.2, 0) is 4.79 Å². The van der Waals surface area contributed by atoms with E-state index in [9.17, 15) is 4.79 Å². The van der Waals surface area contributed by atoms with Gasteiger partial charge in [0, 0.05) is 32.7 Å². The van der Waals surface area contributed by atoms with Crippen molar-refractivity contribution in [2.24, 2.45) is 17.1 Å². The zero-order valence-corrected chi connectivity index (χ0v) is 12.5. The first-order valence-corrected chi connectivity index (χ1v) is 7.79. The molecule has 1 amide bonds. The van der Waals surface area contributed by atoms with Gasteiger partial charge >= 0.3 is 0 Å². The molecular weight excluding hydrogens is 238 g/mol. The zero-order valence-electron chi connectivity index (χ0n) is 12.5. The van der Waals surface area contributed by atoms with E-state index in [2.05, 4.69) is 23.6 Å². The van der Waals surface area contributed by atoms with Crippen molar-refractivity contribution in [1.29, 1.82) is 0 Å². The van der Waals surface area contributed by atoms with Crippen LogP contribution in [0.5, 0.6) is 0 Å². The molecule has 4 heteroatoms. The first-order chi connectivity index (χ1) is 9.07. The van der Waals surface area contributed by atoms with Gasteiger partial charge in [-0.15, -0.1) is 0 Å². The molecule has 0 atom stereocenters. The topological polar surface area (TPSA) is 49.6 Å². The number of hydrogen-bond acceptors (Lipinski definition) is 3. The molecule has 1 saturated heterocycles. The van der Waals surface area contributed by atoms with Crippen molar-refractivity contribution >= 4 is 5.91 Å². The Bertz CT molecular complexity index is 299. The summed E-state index contributed by atoms with van der Waals surface area (Å²) in [4.78, 5) is 17.1. The maximum absolute atomic E-state index is 12.5. The third-order valence-corrected chi connectivity index (χ3v) is 4.84. The van der Waals surface area contributed by atoms with E-state index in [1.165, 1.54) is 13.0 Å². The van der Waals surface area contributed by atoms with Crippen LogP contribution in [0.15, 0.2) is 0 Å². The van der Waals surface area contributed by atoms with Gasteiger partial charge in [0.25, 0.3) is 0 Å². The van der Waals surface area contributed by atoms with Crippen LogP contribution in [0.3, 0.4) is 0 Å². The molecule has 4 nitrogen and oxygen atoms in total. The lowest BCUT2D eigenvalue weighted by atomic mass is 9.67. The second kappa shape index (κ2) is 6.23. The molecule has 2 fully saturated rings. The lowest BCUT2D eigenvalue weighted by Crippen LogP contribution is -2.57. The number of nitrogens with zero attached hydrogens (tertiary/aromatic N) is 2. The van der Waals surface area contributed by atoms with Crippen LogP contribution in [0.4, 0.5) is 0 Å². The number of piperazine rings is 1. The van der Waals surface area contributed by atoms with E-state index < -0.39 is 0 Å². The Morgan fingerprint density at radius 2 is 1.84 bits per heavy atom. The lowest BCUT2D eigenvalue weighted by molar-refractivity contribution is -0.148. The van der Waals surface area contributed by atoms with Gasteiger partial charge in [-0.2, -0.15) is 0 Å². The quantitative estimate of drug-likeness (QED) is 0.817. The predicted molar refractivity (Wildman–Crippen MR) is 77.8 cm³/mol. The lowest BCUT2D eigenvalue weighted by Gasteiger charge is -2.45. The van der Waals surface area contributed by atoms with Crippen LogP contribution in [0.1, 0.15) is 39.5 Å². The molecule has 0 bridgehead atoms. The van der Waals surface area contributed by atoms with Crippen LogP contribution in [0.2, 0.25) is 0 Å². The van der Waals surface area contributed by atoms with Crippen LogP contribution in [-0.4, -0.2) is 55.0 Å². The molecule has 19 heavy (non-hydrogen) atoms. The van der Waals surface area contributed by atoms with E-state index in [0.717, 1.165) is 51.4 Å². The standard InChI is InChI=1S/C15H29N3O/c1-13(2)4-7-17-8-10-18(11-9-17)14(19)15(12-16)5-3-6-15/h13H,3-12,16H2,1-2H3. The highest BCUT2D eigenvalue weighted by atomic mass is 16.2. The van der Waals surface area contributed by atoms with Crippen LogP contribution in [0, 0.1) is 11.3 Å². The predicted octanol–water partition coefficient (Wildman–Crippen LogP) is 1.31. The van der Waals surface area contributed by atoms with Crippen molar-refractivity contribution in [3.8, 4) is 0 Å². The van der Waals surface area contributed by atoms with Crippen molar-refractivity contribution in [1.82, 2.24) is 9.80 Å². The summed E-state index contributed by atoms with van der Waals surface area (Å²) < 4.78 is 0. The van der Waals surface area contributed by atoms with Crippen LogP contribution in [0.25, 0.3) is 0 Å². The van der Waals surface area contributed by atoms with Gasteiger partial charge in [-0.05, 0) is 31.7 Å². The van der Waals surface area contributed by atoms with Gasteiger partial charge in [0.1, 0.15) is 0 Å². The van der Waals surface area contributed by atoms with E-state index >= 15 is 0 Å². The molecule has 1 aliphatic carbocycles. The fourth-order valence-corrected chi connectivity index (χ4v) is 3.06. The van der Waals surface area contributed by atoms with Gasteiger partial charge in [-0.1, -0.05) is 20.3 Å². The van der Waals surface area contributed by atoms with Gasteiger partial charge in [-0.25, -0.2) is 0 Å². The largest absolute Gasteiger partial charge is 0.340 e. The summed E-state index contributed by atoms with van der Waals surface area (Å²) in [6.45, 7) is 10.1. The SMILES string of the molecule is CC(C)CCN1CCN(C(=O)C2(CN)CCC2)CC1. The number of amides is 1. The Morgan fingerprint density at radius 3 is 2.26 bits per heavy atom. The number of hydrogen-bond donors (Lipinski definition) is 1. The summed E-state index contributed by atoms with van der Waals surface area (Å²) in [5.74, 6) is 1.08. The highest BCUT2D eigenvalue weighted by Crippen LogP contribution is 2.41. The van der Waals surface area contributed by atoms with Crippen LogP contribution < -0.4 is 5.73 Å². The van der Waals surface area contributed by atoms with Crippen molar-refractivity contribution in [3.63, 3.8) is 0 Å². The van der Waals surface area contributed by atoms with Crippen molar-refractivity contribution in [3.05, 3.63) is 0 Å². The molecule has 1 aliphatic heterocycles. The maximum Gasteiger partial charge on any atom is 0.230 e. The molecule has 1 heterocycles. The van der Waals surface area contributed by atoms with E-state index in [1.54, 1.807) is 0 Å². The molecule has 0 aromatic heterocycles. The molecule has 110 valence electrons. The zero-order chi connectivity index (χ0) is 13.9. The van der Waals surface area contributed by atoms with Gasteiger partial charge in [-0.3, -0.25) is 9.69 Å². The summed E-state index contributed by atoms with van der Waals surface area (Å²) >= 11 is 0. The third-order valence-electron chi connectivity index (χ3n) is 4.84. The van der Waals surface area contributed by atoms with E-state index in [1.807, 2.05) is 0 Å². The summed E-state index contributed by atoms with van der Waals surface area (Å²) in [5.41, 5.74) is 5.63. The normalized spacial score (nSPS) is 23.5. The van der Waals surface area contributed by atoms with Gasteiger partial charge < -0.3 is 10.6 Å². The maximum atomic E-state index is 12.5. The van der Waals surface area contributed by atoms with Crippen molar-refractivity contribution in [2.45, 2.75) is 39.5 Å². The first-order valence-electron chi connectivity index (χ1n) is 7.79. The fraction of sp³-hybridized carbons (Fsp3) is 0.933. The van der Waals surface area contributed by atoms with E-state index in [4.69, 9.17) is 5.73 Å². The van der Waals surface area contributed by atoms with Gasteiger partial charge in [0.05, 0.1) is 5.41 Å². The second-order valence-corrected chi connectivity index (χ2v) is 6.65. The molecule has 0 radical (unpaired) electrons. The summed E-state index contributed by atoms with van der Waals surface area (Å²) in [6, 6.07) is 0. The highest BCUT2D eigenvalue weighted by Gasteiger charge is 2.45. The summed E-state index contributed by atoms with van der Waals surface area (Å²) in [5, 5.41) is 0. The Hall–Kier alpha value is -0.610. The molecule has 0 spiro atoms. The average molecular weight is 267 g/mol. The third kappa shape index (κ3) is 3.29. The first kappa shape index (κ1) is 14.8. The molecule has 2 N–H and O–H groups in total. The monoisotopic (exact) mass is 267 g/mol. The minimum Gasteiger partial charge on any atom is -0.340 e. The Labute approximate surface area is 117 Å². The minimum atomic E-state index is -0.194. The highest BCUT2D eigenvalue weighted by molar-refractivity contribution is 5.84. The number of nitrogens with two attached hydrogens (primary N) is 1. The average Bonchev–Trinajstić information content (AvgIpc) is 2.36. The second-order valence-electron chi connectivity index (χ2n) is 6.65. The molecule has 2 rings (SSSR count). The van der Waals surface area contributed by atoms with E-state index in [-0.39, 0.29) is 5.41 Å². The Balaban J connectivity index is 1.78. The van der Waals surface area contributed by atoms with Gasteiger partial charge in [0.2, 0.25) is 5.91 Å². The number of carbonyl (C=O) groups excluding carboxylic acids is 1. The molecule has 0 aromatic rings. The molecular formula is C15H29N3O. The fourth-order valence-electron chi connectivity index (χ4n) is 3.06. The van der Waals surface area contributed by atoms with Crippen LogP contribution >= 0.6 is 0 Å². The van der Waals surface area contributed by atoms with Crippen molar-refractivity contribution < 1.29 is 4.79 Å². The molecule has 0 unspecified atom stereocenters. The Morgan fingerprint density at radius 1 is 1.21 bits per heavy atom. The number of carbonyl (C=O) groups is 1. The number of rotatable bonds is 5. The molecule has 2 aliphatic rings. The Kier molecular flexibility index (Phi) is 4.85. The van der Waals surface area contributed by atoms with E-state index in [0.29, 0.717) is 12.5 Å². The summed E-state index contributed by atoms with van der Waals surface area (Å²) in [7, 11) is 0. The smallest absolute Gasteiger partial charge is 0.230 e. The molecule has 1 saturated carbocycles. The van der Waals surface area contributed by atoms with Gasteiger partial charge in [0.15, 0.2) is 0 Å². The van der Waals surface area contributed by atoms with Crippen molar-refractivity contribution in [2.75, 3.05) is 39.3 Å². The summed E-state index contributed by atoms with van der Waals surface area (Å²) in [6.07, 6.45) is 4.41.